The molecule has 2 aromatic rings. The maximum Gasteiger partial charge on any atom is 0.355 e. The number of morpholine rings is 1. The van der Waals surface area contributed by atoms with Gasteiger partial charge in [0.2, 0.25) is 0 Å². The van der Waals surface area contributed by atoms with Crippen LogP contribution < -0.4 is 10.2 Å². The topological polar surface area (TPSA) is 110 Å². The quantitative estimate of drug-likeness (QED) is 0.650. The number of esters is 2. The number of aryl methyl sites for hydroxylation is 1. The number of ether oxygens (including phenoxy) is 3. The Bertz CT molecular complexity index is 945. The molecule has 0 atom stereocenters. The van der Waals surface area contributed by atoms with Crippen LogP contribution in [0.4, 0.5) is 11.4 Å². The molecular formula is C22H27N3O6. The lowest BCUT2D eigenvalue weighted by molar-refractivity contribution is -0.119. The van der Waals surface area contributed by atoms with E-state index in [0.29, 0.717) is 42.1 Å². The zero-order chi connectivity index (χ0) is 22.4. The number of methoxy groups -OCH3 is 1. The highest BCUT2D eigenvalue weighted by Crippen LogP contribution is 2.21. The average Bonchev–Trinajstić information content (AvgIpc) is 3.14. The monoisotopic (exact) mass is 429 g/mol. The van der Waals surface area contributed by atoms with Crippen molar-refractivity contribution in [2.75, 3.05) is 50.2 Å². The number of carbonyl (C=O) groups excluding carboxylic acids is 3. The molecule has 1 aromatic carbocycles. The smallest absolute Gasteiger partial charge is 0.355 e. The fraction of sp³-hybridized carbons (Fsp3) is 0.409. The Hall–Kier alpha value is -3.33. The van der Waals surface area contributed by atoms with Gasteiger partial charge in [0.05, 0.1) is 25.9 Å². The molecule has 0 bridgehead atoms. The van der Waals surface area contributed by atoms with Crippen molar-refractivity contribution in [3.05, 3.63) is 46.8 Å². The molecule has 3 rings (SSSR count). The molecule has 1 amide bonds. The van der Waals surface area contributed by atoms with Crippen LogP contribution in [0.15, 0.2) is 24.3 Å². The summed E-state index contributed by atoms with van der Waals surface area (Å²) in [4.78, 5) is 41.7. The lowest BCUT2D eigenvalue weighted by Gasteiger charge is -2.28. The molecule has 0 radical (unpaired) electrons. The predicted molar refractivity (Wildman–Crippen MR) is 115 cm³/mol. The van der Waals surface area contributed by atoms with Gasteiger partial charge in [-0.25, -0.2) is 9.59 Å². The van der Waals surface area contributed by atoms with Crippen LogP contribution >= 0.6 is 0 Å². The fourth-order valence-electron chi connectivity index (χ4n) is 3.48. The molecule has 9 heteroatoms. The number of hydrogen-bond donors (Lipinski definition) is 2. The second-order valence-electron chi connectivity index (χ2n) is 7.09. The molecule has 1 saturated heterocycles. The van der Waals surface area contributed by atoms with Gasteiger partial charge in [0.25, 0.3) is 5.91 Å². The third kappa shape index (κ3) is 5.24. The van der Waals surface area contributed by atoms with Crippen LogP contribution in [-0.4, -0.2) is 62.8 Å². The molecule has 9 nitrogen and oxygen atoms in total. The van der Waals surface area contributed by atoms with E-state index in [4.69, 9.17) is 14.2 Å². The van der Waals surface area contributed by atoms with Gasteiger partial charge in [-0.15, -0.1) is 0 Å². The summed E-state index contributed by atoms with van der Waals surface area (Å²) in [6, 6.07) is 7.46. The number of rotatable bonds is 7. The zero-order valence-corrected chi connectivity index (χ0v) is 17.9. The fourth-order valence-corrected chi connectivity index (χ4v) is 3.48. The van der Waals surface area contributed by atoms with Crippen molar-refractivity contribution in [1.29, 1.82) is 0 Å². The summed E-state index contributed by atoms with van der Waals surface area (Å²) in [5.74, 6) is -1.69. The second kappa shape index (κ2) is 10.1. The number of nitrogens with zero attached hydrogens (tertiary/aromatic N) is 1. The largest absolute Gasteiger partial charge is 0.465 e. The first-order valence-electron chi connectivity index (χ1n) is 10.1. The lowest BCUT2D eigenvalue weighted by atomic mass is 10.1. The average molecular weight is 429 g/mol. The van der Waals surface area contributed by atoms with Crippen LogP contribution in [-0.2, 0) is 25.4 Å². The first-order valence-corrected chi connectivity index (χ1v) is 10.1. The molecule has 0 unspecified atom stereocenters. The van der Waals surface area contributed by atoms with E-state index in [-0.39, 0.29) is 5.69 Å². The molecule has 31 heavy (non-hydrogen) atoms. The Morgan fingerprint density at radius 1 is 1.13 bits per heavy atom. The van der Waals surface area contributed by atoms with Crippen LogP contribution in [0.2, 0.25) is 0 Å². The first kappa shape index (κ1) is 22.4. The van der Waals surface area contributed by atoms with Crippen LogP contribution in [0.1, 0.15) is 39.0 Å². The highest BCUT2D eigenvalue weighted by atomic mass is 16.5. The Labute approximate surface area is 180 Å². The molecule has 166 valence electrons. The van der Waals surface area contributed by atoms with Crippen molar-refractivity contribution < 1.29 is 28.6 Å². The summed E-state index contributed by atoms with van der Waals surface area (Å²) in [7, 11) is 1.28. The molecule has 2 heterocycles. The van der Waals surface area contributed by atoms with E-state index in [9.17, 15) is 14.4 Å². The van der Waals surface area contributed by atoms with Crippen molar-refractivity contribution in [2.24, 2.45) is 0 Å². The van der Waals surface area contributed by atoms with Gasteiger partial charge in [-0.05, 0) is 43.2 Å². The van der Waals surface area contributed by atoms with Gasteiger partial charge in [0, 0.05) is 30.2 Å². The molecule has 1 aliphatic heterocycles. The van der Waals surface area contributed by atoms with E-state index < -0.39 is 24.5 Å². The minimum atomic E-state index is -0.708. The number of amides is 1. The molecule has 1 aliphatic rings. The van der Waals surface area contributed by atoms with Crippen LogP contribution in [0.5, 0.6) is 0 Å². The third-order valence-corrected chi connectivity index (χ3v) is 5.14. The van der Waals surface area contributed by atoms with E-state index >= 15 is 0 Å². The maximum absolute atomic E-state index is 12.4. The SMILES string of the molecule is CCc1[nH]c(C(=O)OCC(=O)Nc2ccc(N3CCOCC3)cc2)c(C)c1C(=O)OC. The Morgan fingerprint density at radius 3 is 2.42 bits per heavy atom. The van der Waals surface area contributed by atoms with Gasteiger partial charge < -0.3 is 29.4 Å². The number of aromatic amines is 1. The number of hydrogen-bond acceptors (Lipinski definition) is 7. The molecule has 0 spiro atoms. The van der Waals surface area contributed by atoms with Crippen LogP contribution in [0, 0.1) is 6.92 Å². The summed E-state index contributed by atoms with van der Waals surface area (Å²) in [5, 5.41) is 2.70. The number of carbonyl (C=O) groups is 3. The third-order valence-electron chi connectivity index (χ3n) is 5.14. The number of aromatic nitrogens is 1. The van der Waals surface area contributed by atoms with Gasteiger partial charge >= 0.3 is 11.9 Å². The van der Waals surface area contributed by atoms with Crippen LogP contribution in [0.3, 0.4) is 0 Å². The van der Waals surface area contributed by atoms with Gasteiger partial charge in [0.1, 0.15) is 5.69 Å². The molecule has 1 aromatic heterocycles. The van der Waals surface area contributed by atoms with Gasteiger partial charge in [0.15, 0.2) is 6.61 Å². The van der Waals surface area contributed by atoms with Crippen molar-refractivity contribution in [1.82, 2.24) is 4.98 Å². The van der Waals surface area contributed by atoms with E-state index in [0.717, 1.165) is 18.8 Å². The predicted octanol–water partition coefficient (Wildman–Crippen LogP) is 2.30. The minimum Gasteiger partial charge on any atom is -0.465 e. The van der Waals surface area contributed by atoms with E-state index in [1.807, 2.05) is 19.1 Å². The molecule has 0 saturated carbocycles. The second-order valence-corrected chi connectivity index (χ2v) is 7.09. The van der Waals surface area contributed by atoms with Gasteiger partial charge in [-0.2, -0.15) is 0 Å². The van der Waals surface area contributed by atoms with E-state index in [2.05, 4.69) is 15.2 Å². The minimum absolute atomic E-state index is 0.139. The first-order chi connectivity index (χ1) is 14.9. The maximum atomic E-state index is 12.4. The van der Waals surface area contributed by atoms with Crippen molar-refractivity contribution in [3.8, 4) is 0 Å². The highest BCUT2D eigenvalue weighted by molar-refractivity contribution is 5.99. The number of benzene rings is 1. The molecule has 0 aliphatic carbocycles. The normalized spacial score (nSPS) is 13.6. The number of nitrogens with one attached hydrogen (secondary N) is 2. The van der Waals surface area contributed by atoms with Crippen molar-refractivity contribution in [2.45, 2.75) is 20.3 Å². The number of anilines is 2. The summed E-state index contributed by atoms with van der Waals surface area (Å²) in [5.41, 5.74) is 3.15. The summed E-state index contributed by atoms with van der Waals surface area (Å²) in [6.07, 6.45) is 0.513. The Balaban J connectivity index is 1.56. The summed E-state index contributed by atoms with van der Waals surface area (Å²) >= 11 is 0. The van der Waals surface area contributed by atoms with E-state index in [1.54, 1.807) is 19.1 Å². The summed E-state index contributed by atoms with van der Waals surface area (Å²) in [6.45, 7) is 6.10. The standard InChI is InChI=1S/C22H27N3O6/c1-4-17-19(21(27)29-3)14(2)20(24-17)22(28)31-13-18(26)23-15-5-7-16(8-6-15)25-9-11-30-12-10-25/h5-8,24H,4,9-13H2,1-3H3,(H,23,26). The Kier molecular flexibility index (Phi) is 7.30. The van der Waals surface area contributed by atoms with Crippen molar-refractivity contribution >= 4 is 29.2 Å². The Morgan fingerprint density at radius 2 is 1.81 bits per heavy atom. The van der Waals surface area contributed by atoms with Crippen molar-refractivity contribution in [3.63, 3.8) is 0 Å². The molecule has 1 fully saturated rings. The number of H-pyrrole nitrogens is 1. The van der Waals surface area contributed by atoms with E-state index in [1.165, 1.54) is 7.11 Å². The van der Waals surface area contributed by atoms with Gasteiger partial charge in [-0.1, -0.05) is 6.92 Å². The highest BCUT2D eigenvalue weighted by Gasteiger charge is 2.25. The zero-order valence-electron chi connectivity index (χ0n) is 17.9. The van der Waals surface area contributed by atoms with Crippen LogP contribution in [0.25, 0.3) is 0 Å². The molecule has 2 N–H and O–H groups in total. The lowest BCUT2D eigenvalue weighted by Crippen LogP contribution is -2.36. The molecular weight excluding hydrogens is 402 g/mol. The van der Waals surface area contributed by atoms with Gasteiger partial charge in [-0.3, -0.25) is 4.79 Å². The summed E-state index contributed by atoms with van der Waals surface area (Å²) < 4.78 is 15.3.